The normalized spacial score (nSPS) is 32.0. The van der Waals surface area contributed by atoms with Crippen LogP contribution in [0, 0.1) is 5.92 Å². The van der Waals surface area contributed by atoms with Gasteiger partial charge in [-0.25, -0.2) is 0 Å². The molecular weight excluding hydrogens is 358 g/mol. The topological polar surface area (TPSA) is 53.7 Å². The molecule has 2 atom stereocenters. The molecule has 1 aromatic rings. The fourth-order valence-electron chi connectivity index (χ4n) is 4.83. The minimum atomic E-state index is -0.348. The average Bonchev–Trinajstić information content (AvgIpc) is 2.93. The molecule has 126 valence electrons. The van der Waals surface area contributed by atoms with E-state index in [0.717, 1.165) is 67.8 Å². The molecule has 4 nitrogen and oxygen atoms in total. The molecule has 3 aliphatic rings. The highest BCUT2D eigenvalue weighted by molar-refractivity contribution is 9.10. The molecular formula is C18H24BrNO3. The predicted molar refractivity (Wildman–Crippen MR) is 92.6 cm³/mol. The van der Waals surface area contributed by atoms with Gasteiger partial charge in [0.15, 0.2) is 5.79 Å². The summed E-state index contributed by atoms with van der Waals surface area (Å²) in [6.07, 6.45) is 5.13. The highest BCUT2D eigenvalue weighted by Gasteiger charge is 2.53. The minimum absolute atomic E-state index is 0.128. The third kappa shape index (κ3) is 2.39. The molecule has 2 fully saturated rings. The Labute approximate surface area is 145 Å². The Morgan fingerprint density at radius 2 is 2.00 bits per heavy atom. The Morgan fingerprint density at radius 1 is 1.22 bits per heavy atom. The number of fused-ring (bicyclic) bond motifs is 3. The molecule has 1 aliphatic carbocycles. The molecule has 0 unspecified atom stereocenters. The van der Waals surface area contributed by atoms with Crippen LogP contribution in [0.1, 0.15) is 44.6 Å². The number of benzene rings is 1. The van der Waals surface area contributed by atoms with Crippen molar-refractivity contribution in [3.63, 3.8) is 0 Å². The van der Waals surface area contributed by atoms with Crippen LogP contribution in [0.15, 0.2) is 16.6 Å². The van der Waals surface area contributed by atoms with Crippen molar-refractivity contribution in [2.75, 3.05) is 25.6 Å². The number of nitrogens with two attached hydrogens (primary N) is 1. The van der Waals surface area contributed by atoms with Crippen LogP contribution in [0.2, 0.25) is 0 Å². The molecule has 2 N–H and O–H groups in total. The Kier molecular flexibility index (Phi) is 3.86. The van der Waals surface area contributed by atoms with Gasteiger partial charge in [0.25, 0.3) is 0 Å². The van der Waals surface area contributed by atoms with Gasteiger partial charge >= 0.3 is 0 Å². The number of hydrogen-bond donors (Lipinski definition) is 1. The first-order valence-electron chi connectivity index (χ1n) is 8.59. The molecule has 1 spiro atoms. The lowest BCUT2D eigenvalue weighted by atomic mass is 9.59. The molecule has 1 saturated carbocycles. The Hall–Kier alpha value is -0.780. The highest BCUT2D eigenvalue weighted by atomic mass is 79.9. The third-order valence-corrected chi connectivity index (χ3v) is 6.78. The van der Waals surface area contributed by atoms with Crippen molar-refractivity contribution >= 4 is 21.6 Å². The van der Waals surface area contributed by atoms with E-state index in [4.69, 9.17) is 19.9 Å². The average molecular weight is 382 g/mol. The minimum Gasteiger partial charge on any atom is -0.493 e. The lowest BCUT2D eigenvalue weighted by Crippen LogP contribution is -2.48. The molecule has 23 heavy (non-hydrogen) atoms. The largest absolute Gasteiger partial charge is 0.493 e. The quantitative estimate of drug-likeness (QED) is 0.746. The second-order valence-corrected chi connectivity index (χ2v) is 7.88. The first-order valence-corrected chi connectivity index (χ1v) is 9.38. The number of hydrogen-bond acceptors (Lipinski definition) is 4. The standard InChI is InChI=1S/C18H24BrNO3/c1-2-17-4-5-18(22-7-8-23-18)11-12(17)3-6-21-16-10-15(20)14(19)9-13(16)17/h9-10,12H,2-8,11,20H2,1H3/t12-,17+/m1/s1. The Bertz CT molecular complexity index is 615. The fraction of sp³-hybridized carbons (Fsp3) is 0.667. The van der Waals surface area contributed by atoms with Gasteiger partial charge in [-0.1, -0.05) is 6.92 Å². The van der Waals surface area contributed by atoms with E-state index in [-0.39, 0.29) is 11.2 Å². The van der Waals surface area contributed by atoms with Crippen LogP contribution in [-0.2, 0) is 14.9 Å². The van der Waals surface area contributed by atoms with Crippen LogP contribution in [0.25, 0.3) is 0 Å². The van der Waals surface area contributed by atoms with Gasteiger partial charge in [0.05, 0.1) is 19.8 Å². The summed E-state index contributed by atoms with van der Waals surface area (Å²) in [5.74, 6) is 1.12. The van der Waals surface area contributed by atoms with Crippen molar-refractivity contribution in [1.82, 2.24) is 0 Å². The van der Waals surface area contributed by atoms with E-state index in [0.29, 0.717) is 5.92 Å². The smallest absolute Gasteiger partial charge is 0.168 e. The van der Waals surface area contributed by atoms with Crippen LogP contribution >= 0.6 is 15.9 Å². The van der Waals surface area contributed by atoms with Crippen LogP contribution in [0.3, 0.4) is 0 Å². The number of ether oxygens (including phenoxy) is 3. The first-order chi connectivity index (χ1) is 11.1. The van der Waals surface area contributed by atoms with E-state index < -0.39 is 0 Å². The number of nitrogen functional groups attached to an aromatic ring is 1. The number of halogens is 1. The molecule has 1 saturated heterocycles. The monoisotopic (exact) mass is 381 g/mol. The molecule has 0 bridgehead atoms. The zero-order valence-electron chi connectivity index (χ0n) is 13.6. The van der Waals surface area contributed by atoms with E-state index >= 15 is 0 Å². The summed E-state index contributed by atoms with van der Waals surface area (Å²) < 4.78 is 19.0. The van der Waals surface area contributed by atoms with Gasteiger partial charge in [-0.3, -0.25) is 0 Å². The molecule has 4 rings (SSSR count). The summed E-state index contributed by atoms with van der Waals surface area (Å²) >= 11 is 3.60. The maximum atomic E-state index is 6.08. The van der Waals surface area contributed by atoms with E-state index in [1.54, 1.807) is 0 Å². The summed E-state index contributed by atoms with van der Waals surface area (Å²) in [5.41, 5.74) is 8.24. The zero-order valence-corrected chi connectivity index (χ0v) is 15.2. The van der Waals surface area contributed by atoms with Gasteiger partial charge < -0.3 is 19.9 Å². The van der Waals surface area contributed by atoms with Gasteiger partial charge in [-0.05, 0) is 47.2 Å². The predicted octanol–water partition coefficient (Wildman–Crippen LogP) is 4.00. The lowest BCUT2D eigenvalue weighted by molar-refractivity contribution is -0.199. The summed E-state index contributed by atoms with van der Waals surface area (Å²) in [4.78, 5) is 0. The van der Waals surface area contributed by atoms with Crippen molar-refractivity contribution in [2.45, 2.75) is 50.2 Å². The fourth-order valence-corrected chi connectivity index (χ4v) is 5.17. The molecule has 5 heteroatoms. The molecule has 0 amide bonds. The summed E-state index contributed by atoms with van der Waals surface area (Å²) in [6, 6.07) is 4.16. The second kappa shape index (κ2) is 5.64. The van der Waals surface area contributed by atoms with Gasteiger partial charge in [0.1, 0.15) is 5.75 Å². The van der Waals surface area contributed by atoms with E-state index in [9.17, 15) is 0 Å². The molecule has 1 aromatic carbocycles. The Morgan fingerprint density at radius 3 is 2.74 bits per heavy atom. The van der Waals surface area contributed by atoms with Gasteiger partial charge in [-0.2, -0.15) is 0 Å². The van der Waals surface area contributed by atoms with E-state index in [2.05, 4.69) is 28.9 Å². The third-order valence-electron chi connectivity index (χ3n) is 6.09. The van der Waals surface area contributed by atoms with E-state index in [1.807, 2.05) is 6.07 Å². The molecule has 2 aliphatic heterocycles. The summed E-state index contributed by atoms with van der Waals surface area (Å²) in [6.45, 7) is 4.47. The second-order valence-electron chi connectivity index (χ2n) is 7.03. The SMILES string of the molecule is CC[C@]12CCC3(C[C@H]1CCOc1cc(N)c(Br)cc12)OCCO3. The number of rotatable bonds is 1. The molecule has 0 radical (unpaired) electrons. The van der Waals surface area contributed by atoms with Gasteiger partial charge in [0.2, 0.25) is 0 Å². The van der Waals surface area contributed by atoms with Crippen molar-refractivity contribution in [1.29, 1.82) is 0 Å². The van der Waals surface area contributed by atoms with Crippen LogP contribution in [0.4, 0.5) is 5.69 Å². The van der Waals surface area contributed by atoms with Crippen LogP contribution in [-0.4, -0.2) is 25.6 Å². The van der Waals surface area contributed by atoms with Crippen molar-refractivity contribution in [2.24, 2.45) is 5.92 Å². The zero-order chi connectivity index (χ0) is 16.1. The summed E-state index contributed by atoms with van der Waals surface area (Å²) in [5, 5.41) is 0. The Balaban J connectivity index is 1.78. The molecule has 0 aromatic heterocycles. The van der Waals surface area contributed by atoms with Crippen molar-refractivity contribution < 1.29 is 14.2 Å². The van der Waals surface area contributed by atoms with Crippen molar-refractivity contribution in [3.8, 4) is 5.75 Å². The maximum absolute atomic E-state index is 6.08. The first kappa shape index (κ1) is 15.7. The lowest BCUT2D eigenvalue weighted by Gasteiger charge is -2.49. The van der Waals surface area contributed by atoms with E-state index in [1.165, 1.54) is 5.56 Å². The summed E-state index contributed by atoms with van der Waals surface area (Å²) in [7, 11) is 0. The molecule has 2 heterocycles. The van der Waals surface area contributed by atoms with Gasteiger partial charge in [0, 0.05) is 40.0 Å². The highest BCUT2D eigenvalue weighted by Crippen LogP contribution is 2.56. The number of anilines is 1. The van der Waals surface area contributed by atoms with Crippen molar-refractivity contribution in [3.05, 3.63) is 22.2 Å². The van der Waals surface area contributed by atoms with Gasteiger partial charge in [-0.15, -0.1) is 0 Å². The van der Waals surface area contributed by atoms with Crippen LogP contribution in [0.5, 0.6) is 5.75 Å². The maximum Gasteiger partial charge on any atom is 0.168 e. The van der Waals surface area contributed by atoms with Crippen LogP contribution < -0.4 is 10.5 Å².